The third-order valence-corrected chi connectivity index (χ3v) is 3.95. The number of hydrogen-bond acceptors (Lipinski definition) is 3. The van der Waals surface area contributed by atoms with Gasteiger partial charge in [0.15, 0.2) is 0 Å². The molecule has 0 atom stereocenters. The van der Waals surface area contributed by atoms with Gasteiger partial charge < -0.3 is 9.80 Å². The van der Waals surface area contributed by atoms with Crippen molar-refractivity contribution < 1.29 is 0 Å². The summed E-state index contributed by atoms with van der Waals surface area (Å²) in [7, 11) is 4.30. The Kier molecular flexibility index (Phi) is 9.03. The average molecular weight is 276 g/mol. The molecule has 0 aromatic carbocycles. The summed E-state index contributed by atoms with van der Waals surface area (Å²) in [5, 5.41) is 0. The van der Waals surface area contributed by atoms with E-state index in [0.717, 1.165) is 5.88 Å². The standard InChI is InChI=1S/C14H30ClN3/c1-16(2)9-10-18-13-11-17(12-14-18)8-6-4-3-5-7-15/h3-14H2,1-2H3. The molecule has 1 fully saturated rings. The lowest BCUT2D eigenvalue weighted by molar-refractivity contribution is 0.124. The zero-order valence-corrected chi connectivity index (χ0v) is 13.0. The second-order valence-corrected chi connectivity index (χ2v) is 5.97. The molecule has 1 rings (SSSR count). The van der Waals surface area contributed by atoms with Gasteiger partial charge in [0.1, 0.15) is 0 Å². The van der Waals surface area contributed by atoms with Crippen molar-refractivity contribution in [2.45, 2.75) is 25.7 Å². The summed E-state index contributed by atoms with van der Waals surface area (Å²) in [4.78, 5) is 7.47. The van der Waals surface area contributed by atoms with Crippen molar-refractivity contribution in [3.63, 3.8) is 0 Å². The molecule has 108 valence electrons. The maximum atomic E-state index is 5.68. The van der Waals surface area contributed by atoms with E-state index in [1.165, 1.54) is 71.5 Å². The molecule has 0 N–H and O–H groups in total. The van der Waals surface area contributed by atoms with Crippen molar-refractivity contribution >= 4 is 11.6 Å². The van der Waals surface area contributed by atoms with Gasteiger partial charge in [-0.3, -0.25) is 4.90 Å². The summed E-state index contributed by atoms with van der Waals surface area (Å²) < 4.78 is 0. The summed E-state index contributed by atoms with van der Waals surface area (Å²) in [6.45, 7) is 8.68. The third kappa shape index (κ3) is 7.57. The molecule has 1 aliphatic rings. The van der Waals surface area contributed by atoms with E-state index >= 15 is 0 Å². The molecule has 0 bridgehead atoms. The lowest BCUT2D eigenvalue weighted by Gasteiger charge is -2.35. The van der Waals surface area contributed by atoms with Gasteiger partial charge in [0.25, 0.3) is 0 Å². The number of unbranched alkanes of at least 4 members (excludes halogenated alkanes) is 3. The smallest absolute Gasteiger partial charge is 0.0223 e. The minimum atomic E-state index is 0.824. The van der Waals surface area contributed by atoms with Gasteiger partial charge in [-0.25, -0.2) is 0 Å². The fourth-order valence-corrected chi connectivity index (χ4v) is 2.55. The zero-order chi connectivity index (χ0) is 13.2. The second-order valence-electron chi connectivity index (χ2n) is 5.59. The molecule has 0 unspecified atom stereocenters. The summed E-state index contributed by atoms with van der Waals surface area (Å²) in [5.74, 6) is 0.824. The Bertz CT molecular complexity index is 191. The van der Waals surface area contributed by atoms with Crippen LogP contribution in [0.15, 0.2) is 0 Å². The van der Waals surface area contributed by atoms with Crippen LogP contribution in [0.3, 0.4) is 0 Å². The highest BCUT2D eigenvalue weighted by Gasteiger charge is 2.15. The molecule has 4 heteroatoms. The monoisotopic (exact) mass is 275 g/mol. The number of hydrogen-bond donors (Lipinski definition) is 0. The van der Waals surface area contributed by atoms with E-state index in [4.69, 9.17) is 11.6 Å². The first-order valence-electron chi connectivity index (χ1n) is 7.38. The number of halogens is 1. The Morgan fingerprint density at radius 2 is 1.39 bits per heavy atom. The SMILES string of the molecule is CN(C)CCN1CCN(CCCCCCCl)CC1. The first kappa shape index (κ1) is 16.2. The van der Waals surface area contributed by atoms with Crippen LogP contribution in [-0.2, 0) is 0 Å². The maximum Gasteiger partial charge on any atom is 0.0223 e. The molecule has 0 radical (unpaired) electrons. The molecule has 0 aliphatic carbocycles. The van der Waals surface area contributed by atoms with Gasteiger partial charge in [-0.1, -0.05) is 12.8 Å². The van der Waals surface area contributed by atoms with Crippen molar-refractivity contribution in [3.8, 4) is 0 Å². The van der Waals surface area contributed by atoms with Gasteiger partial charge in [0.05, 0.1) is 0 Å². The number of likely N-dealkylation sites (N-methyl/N-ethyl adjacent to an activating group) is 1. The van der Waals surface area contributed by atoms with Crippen LogP contribution in [0.4, 0.5) is 0 Å². The van der Waals surface area contributed by atoms with Crippen LogP contribution in [0, 0.1) is 0 Å². The number of piperazine rings is 1. The van der Waals surface area contributed by atoms with Crippen molar-refractivity contribution in [2.75, 3.05) is 65.8 Å². The Morgan fingerprint density at radius 3 is 1.94 bits per heavy atom. The van der Waals surface area contributed by atoms with E-state index in [1.54, 1.807) is 0 Å². The van der Waals surface area contributed by atoms with Crippen LogP contribution in [-0.4, -0.2) is 80.5 Å². The minimum absolute atomic E-state index is 0.824. The van der Waals surface area contributed by atoms with Gasteiger partial charge >= 0.3 is 0 Å². The van der Waals surface area contributed by atoms with Gasteiger partial charge in [-0.15, -0.1) is 11.6 Å². The van der Waals surface area contributed by atoms with Crippen LogP contribution in [0.2, 0.25) is 0 Å². The van der Waals surface area contributed by atoms with E-state index in [2.05, 4.69) is 28.8 Å². The fraction of sp³-hybridized carbons (Fsp3) is 1.00. The fourth-order valence-electron chi connectivity index (χ4n) is 2.36. The van der Waals surface area contributed by atoms with Gasteiger partial charge in [-0.05, 0) is 33.5 Å². The lowest BCUT2D eigenvalue weighted by Crippen LogP contribution is -2.48. The predicted molar refractivity (Wildman–Crippen MR) is 80.6 cm³/mol. The minimum Gasteiger partial charge on any atom is -0.308 e. The Labute approximate surface area is 118 Å². The lowest BCUT2D eigenvalue weighted by atomic mass is 10.2. The summed E-state index contributed by atoms with van der Waals surface area (Å²) in [6, 6.07) is 0. The highest BCUT2D eigenvalue weighted by Crippen LogP contribution is 2.06. The van der Waals surface area contributed by atoms with Crippen LogP contribution < -0.4 is 0 Å². The second kappa shape index (κ2) is 10.0. The number of nitrogens with zero attached hydrogens (tertiary/aromatic N) is 3. The topological polar surface area (TPSA) is 9.72 Å². The van der Waals surface area contributed by atoms with Crippen molar-refractivity contribution in [2.24, 2.45) is 0 Å². The molecule has 0 spiro atoms. The van der Waals surface area contributed by atoms with E-state index in [9.17, 15) is 0 Å². The van der Waals surface area contributed by atoms with Crippen LogP contribution in [0.25, 0.3) is 0 Å². The molecule has 0 aromatic heterocycles. The molecule has 0 saturated carbocycles. The van der Waals surface area contributed by atoms with Gasteiger partial charge in [0, 0.05) is 45.1 Å². The molecule has 1 heterocycles. The van der Waals surface area contributed by atoms with Crippen LogP contribution >= 0.6 is 11.6 Å². The molecule has 1 saturated heterocycles. The normalized spacial score (nSPS) is 18.7. The quantitative estimate of drug-likeness (QED) is 0.471. The van der Waals surface area contributed by atoms with E-state index in [-0.39, 0.29) is 0 Å². The summed E-state index contributed by atoms with van der Waals surface area (Å²) >= 11 is 5.68. The molecular weight excluding hydrogens is 246 g/mol. The summed E-state index contributed by atoms with van der Waals surface area (Å²) in [5.41, 5.74) is 0. The molecule has 18 heavy (non-hydrogen) atoms. The van der Waals surface area contributed by atoms with E-state index in [0.29, 0.717) is 0 Å². The first-order chi connectivity index (χ1) is 8.72. The number of alkyl halides is 1. The summed E-state index contributed by atoms with van der Waals surface area (Å²) in [6.07, 6.45) is 5.16. The maximum absolute atomic E-state index is 5.68. The number of rotatable bonds is 9. The largest absolute Gasteiger partial charge is 0.308 e. The highest BCUT2D eigenvalue weighted by molar-refractivity contribution is 6.17. The highest BCUT2D eigenvalue weighted by atomic mass is 35.5. The molecule has 0 amide bonds. The van der Waals surface area contributed by atoms with Gasteiger partial charge in [-0.2, -0.15) is 0 Å². The molecule has 1 aliphatic heterocycles. The predicted octanol–water partition coefficient (Wildman–Crippen LogP) is 1.96. The third-order valence-electron chi connectivity index (χ3n) is 3.69. The molecule has 0 aromatic rings. The Balaban J connectivity index is 1.98. The van der Waals surface area contributed by atoms with Crippen LogP contribution in [0.1, 0.15) is 25.7 Å². The first-order valence-corrected chi connectivity index (χ1v) is 7.91. The van der Waals surface area contributed by atoms with E-state index < -0.39 is 0 Å². The van der Waals surface area contributed by atoms with Crippen LogP contribution in [0.5, 0.6) is 0 Å². The molecular formula is C14H30ClN3. The van der Waals surface area contributed by atoms with Crippen molar-refractivity contribution in [1.82, 2.24) is 14.7 Å². The van der Waals surface area contributed by atoms with Gasteiger partial charge in [0.2, 0.25) is 0 Å². The Hall–Kier alpha value is 0.170. The average Bonchev–Trinajstić information content (AvgIpc) is 2.37. The van der Waals surface area contributed by atoms with Crippen molar-refractivity contribution in [3.05, 3.63) is 0 Å². The van der Waals surface area contributed by atoms with Crippen molar-refractivity contribution in [1.29, 1.82) is 0 Å². The van der Waals surface area contributed by atoms with E-state index in [1.807, 2.05) is 0 Å². The zero-order valence-electron chi connectivity index (χ0n) is 12.2. The molecule has 3 nitrogen and oxygen atoms in total. The Morgan fingerprint density at radius 1 is 0.833 bits per heavy atom.